The van der Waals surface area contributed by atoms with Gasteiger partial charge in [-0.3, -0.25) is 4.79 Å². The number of para-hydroxylation sites is 1. The van der Waals surface area contributed by atoms with Crippen LogP contribution in [0.15, 0.2) is 64.6 Å². The molecule has 2 aromatic carbocycles. The Morgan fingerprint density at radius 3 is 2.66 bits per heavy atom. The maximum atomic E-state index is 12.1. The maximum absolute atomic E-state index is 12.1. The van der Waals surface area contributed by atoms with Gasteiger partial charge in [0.2, 0.25) is 5.91 Å². The zero-order valence-corrected chi connectivity index (χ0v) is 18.3. The van der Waals surface area contributed by atoms with Crippen LogP contribution in [-0.4, -0.2) is 38.7 Å². The van der Waals surface area contributed by atoms with Gasteiger partial charge < -0.3 is 14.6 Å². The van der Waals surface area contributed by atoms with Crippen LogP contribution in [0.3, 0.4) is 0 Å². The van der Waals surface area contributed by atoms with Gasteiger partial charge in [0, 0.05) is 24.2 Å². The van der Waals surface area contributed by atoms with Crippen molar-refractivity contribution in [1.29, 1.82) is 0 Å². The van der Waals surface area contributed by atoms with E-state index < -0.39 is 0 Å². The molecule has 6 nitrogen and oxygen atoms in total. The van der Waals surface area contributed by atoms with Gasteiger partial charge in [0.25, 0.3) is 0 Å². The second-order valence-electron chi connectivity index (χ2n) is 5.98. The van der Waals surface area contributed by atoms with Gasteiger partial charge in [0.05, 0.1) is 10.8 Å². The molecule has 0 aliphatic heterocycles. The summed E-state index contributed by atoms with van der Waals surface area (Å²) in [7, 11) is 1.85. The Balaban J connectivity index is 1.39. The number of aromatic nitrogens is 3. The Morgan fingerprint density at radius 2 is 1.86 bits per heavy atom. The lowest BCUT2D eigenvalue weighted by Crippen LogP contribution is -2.27. The number of amides is 1. The normalized spacial score (nSPS) is 10.7. The van der Waals surface area contributed by atoms with Crippen molar-refractivity contribution in [2.45, 2.75) is 16.7 Å². The summed E-state index contributed by atoms with van der Waals surface area (Å²) in [6.07, 6.45) is 0. The van der Waals surface area contributed by atoms with Crippen molar-refractivity contribution < 1.29 is 9.53 Å². The molecule has 29 heavy (non-hydrogen) atoms. The number of hydrogen-bond acceptors (Lipinski definition) is 6. The van der Waals surface area contributed by atoms with Crippen molar-refractivity contribution >= 4 is 41.0 Å². The van der Waals surface area contributed by atoms with Crippen LogP contribution in [0.5, 0.6) is 5.75 Å². The van der Waals surface area contributed by atoms with Crippen molar-refractivity contribution in [2.24, 2.45) is 7.05 Å². The molecule has 3 aromatic rings. The molecular weight excluding hydrogens is 428 g/mol. The molecule has 0 unspecified atom stereocenters. The first kappa shape index (κ1) is 21.5. The third-order valence-corrected chi connectivity index (χ3v) is 6.23. The standard InChI is InChI=1S/C20H21ClN4O2S2/c1-25-18(13-27-17-10-6-5-9-16(17)21)23-24-20(25)29-14-19(26)22-11-12-28-15-7-3-2-4-8-15/h2-10H,11-14H2,1H3,(H,22,26). The predicted molar refractivity (Wildman–Crippen MR) is 118 cm³/mol. The molecule has 0 saturated heterocycles. The number of halogens is 1. The van der Waals surface area contributed by atoms with Crippen molar-refractivity contribution in [1.82, 2.24) is 20.1 Å². The minimum atomic E-state index is -0.0273. The molecule has 0 radical (unpaired) electrons. The third kappa shape index (κ3) is 6.69. The Labute approximate surface area is 183 Å². The average Bonchev–Trinajstić information content (AvgIpc) is 3.09. The van der Waals surface area contributed by atoms with E-state index in [-0.39, 0.29) is 18.3 Å². The van der Waals surface area contributed by atoms with Gasteiger partial charge in [-0.1, -0.05) is 53.7 Å². The Kier molecular flexibility index (Phi) is 8.27. The maximum Gasteiger partial charge on any atom is 0.230 e. The van der Waals surface area contributed by atoms with Crippen molar-refractivity contribution in [3.05, 3.63) is 65.4 Å². The molecule has 3 rings (SSSR count). The van der Waals surface area contributed by atoms with E-state index >= 15 is 0 Å². The fourth-order valence-corrected chi connectivity index (χ4v) is 4.10. The van der Waals surface area contributed by atoms with E-state index in [1.54, 1.807) is 23.9 Å². The van der Waals surface area contributed by atoms with Gasteiger partial charge >= 0.3 is 0 Å². The number of carbonyl (C=O) groups excluding carboxylic acids is 1. The van der Waals surface area contributed by atoms with E-state index in [0.717, 1.165) is 5.75 Å². The summed E-state index contributed by atoms with van der Waals surface area (Å²) in [5.41, 5.74) is 0. The molecule has 152 valence electrons. The van der Waals surface area contributed by atoms with Gasteiger partial charge in [-0.05, 0) is 24.3 Å². The van der Waals surface area contributed by atoms with Crippen molar-refractivity contribution in [3.63, 3.8) is 0 Å². The molecule has 1 aromatic heterocycles. The molecule has 9 heteroatoms. The molecular formula is C20H21ClN4O2S2. The zero-order valence-electron chi connectivity index (χ0n) is 15.9. The lowest BCUT2D eigenvalue weighted by molar-refractivity contribution is -0.118. The van der Waals surface area contributed by atoms with Crippen LogP contribution in [0.4, 0.5) is 0 Å². The highest BCUT2D eigenvalue weighted by molar-refractivity contribution is 7.99. The number of nitrogens with zero attached hydrogens (tertiary/aromatic N) is 3. The summed E-state index contributed by atoms with van der Waals surface area (Å²) in [5, 5.41) is 12.4. The summed E-state index contributed by atoms with van der Waals surface area (Å²) in [5.74, 6) is 2.34. The van der Waals surface area contributed by atoms with E-state index in [1.165, 1.54) is 16.7 Å². The molecule has 0 bridgehead atoms. The largest absolute Gasteiger partial charge is 0.484 e. The summed E-state index contributed by atoms with van der Waals surface area (Å²) < 4.78 is 7.52. The van der Waals surface area contributed by atoms with Gasteiger partial charge in [-0.2, -0.15) is 0 Å². The van der Waals surface area contributed by atoms with E-state index in [1.807, 2.05) is 41.9 Å². The van der Waals surface area contributed by atoms with Crippen LogP contribution in [0, 0.1) is 0 Å². The van der Waals surface area contributed by atoms with E-state index in [2.05, 4.69) is 27.6 Å². The number of hydrogen-bond donors (Lipinski definition) is 1. The van der Waals surface area contributed by atoms with Crippen molar-refractivity contribution in [3.8, 4) is 5.75 Å². The number of ether oxygens (including phenoxy) is 1. The number of nitrogens with one attached hydrogen (secondary N) is 1. The highest BCUT2D eigenvalue weighted by Crippen LogP contribution is 2.24. The minimum absolute atomic E-state index is 0.0273. The second-order valence-corrected chi connectivity index (χ2v) is 8.50. The predicted octanol–water partition coefficient (Wildman–Crippen LogP) is 4.05. The fourth-order valence-electron chi connectivity index (χ4n) is 2.36. The van der Waals surface area contributed by atoms with Crippen LogP contribution in [0.2, 0.25) is 5.02 Å². The third-order valence-electron chi connectivity index (χ3n) is 3.89. The summed E-state index contributed by atoms with van der Waals surface area (Å²) >= 11 is 9.15. The lowest BCUT2D eigenvalue weighted by Gasteiger charge is -2.08. The van der Waals surface area contributed by atoms with Gasteiger partial charge in [-0.25, -0.2) is 0 Å². The summed E-state index contributed by atoms with van der Waals surface area (Å²) in [6.45, 7) is 0.866. The summed E-state index contributed by atoms with van der Waals surface area (Å²) in [6, 6.07) is 17.4. The molecule has 0 fully saturated rings. The fraction of sp³-hybridized carbons (Fsp3) is 0.250. The quantitative estimate of drug-likeness (QED) is 0.373. The molecule has 0 spiro atoms. The Morgan fingerprint density at radius 1 is 1.10 bits per heavy atom. The highest BCUT2D eigenvalue weighted by atomic mass is 35.5. The van der Waals surface area contributed by atoms with Gasteiger partial charge in [0.1, 0.15) is 12.4 Å². The molecule has 0 aliphatic rings. The highest BCUT2D eigenvalue weighted by Gasteiger charge is 2.12. The van der Waals surface area contributed by atoms with Gasteiger partial charge in [-0.15, -0.1) is 22.0 Å². The molecule has 0 atom stereocenters. The average molecular weight is 449 g/mol. The van der Waals surface area contributed by atoms with E-state index in [4.69, 9.17) is 16.3 Å². The molecule has 0 aliphatic carbocycles. The van der Waals surface area contributed by atoms with E-state index in [9.17, 15) is 4.79 Å². The molecule has 1 heterocycles. The SMILES string of the molecule is Cn1c(COc2ccccc2Cl)nnc1SCC(=O)NCCSc1ccccc1. The zero-order chi connectivity index (χ0) is 20.5. The second kappa shape index (κ2) is 11.1. The van der Waals surface area contributed by atoms with Crippen LogP contribution in [0.25, 0.3) is 0 Å². The number of thioether (sulfide) groups is 2. The first-order valence-corrected chi connectivity index (χ1v) is 11.3. The molecule has 1 N–H and O–H groups in total. The summed E-state index contributed by atoms with van der Waals surface area (Å²) in [4.78, 5) is 13.3. The number of carbonyl (C=O) groups is 1. The molecule has 0 saturated carbocycles. The topological polar surface area (TPSA) is 69.0 Å². The van der Waals surface area contributed by atoms with Crippen LogP contribution >= 0.6 is 35.1 Å². The van der Waals surface area contributed by atoms with Crippen LogP contribution in [-0.2, 0) is 18.4 Å². The van der Waals surface area contributed by atoms with Gasteiger partial charge in [0.15, 0.2) is 11.0 Å². The number of benzene rings is 2. The smallest absolute Gasteiger partial charge is 0.230 e. The first-order valence-electron chi connectivity index (χ1n) is 8.96. The van der Waals surface area contributed by atoms with Crippen molar-refractivity contribution in [2.75, 3.05) is 18.1 Å². The van der Waals surface area contributed by atoms with Crippen LogP contribution in [0.1, 0.15) is 5.82 Å². The molecule has 1 amide bonds. The van der Waals surface area contributed by atoms with Crippen LogP contribution < -0.4 is 10.1 Å². The Hall–Kier alpha value is -2.16. The van der Waals surface area contributed by atoms with E-state index in [0.29, 0.717) is 28.3 Å². The lowest BCUT2D eigenvalue weighted by atomic mass is 10.3. The number of rotatable bonds is 10. The monoisotopic (exact) mass is 448 g/mol. The first-order chi connectivity index (χ1) is 14.1. The minimum Gasteiger partial charge on any atom is -0.484 e. The Bertz CT molecular complexity index is 937.